The summed E-state index contributed by atoms with van der Waals surface area (Å²) < 4.78 is 10.3. The molecule has 0 radical (unpaired) electrons. The van der Waals surface area contributed by atoms with Gasteiger partial charge in [0.2, 0.25) is 5.91 Å². The van der Waals surface area contributed by atoms with Crippen molar-refractivity contribution in [1.82, 2.24) is 0 Å². The smallest absolute Gasteiger partial charge is 0.335 e. The molecule has 0 aromatic rings. The van der Waals surface area contributed by atoms with Crippen molar-refractivity contribution in [2.45, 2.75) is 39.4 Å². The van der Waals surface area contributed by atoms with Gasteiger partial charge in [-0.1, -0.05) is 32.8 Å². The first-order valence-corrected chi connectivity index (χ1v) is 8.86. The number of hydrogen-bond acceptors (Lipinski definition) is 4. The van der Waals surface area contributed by atoms with E-state index in [2.05, 4.69) is 13.2 Å². The topological polar surface area (TPSA) is 52.6 Å². The molecule has 0 bridgehead atoms. The van der Waals surface area contributed by atoms with Gasteiger partial charge in [0.15, 0.2) is 0 Å². The van der Waals surface area contributed by atoms with Gasteiger partial charge in [-0.05, 0) is 13.8 Å². The minimum Gasteiger partial charge on any atom is -0.426 e. The van der Waals surface area contributed by atoms with Crippen molar-refractivity contribution in [3.8, 4) is 0 Å². The van der Waals surface area contributed by atoms with E-state index in [-0.39, 0.29) is 11.1 Å². The summed E-state index contributed by atoms with van der Waals surface area (Å²) in [5, 5.41) is 0. The van der Waals surface area contributed by atoms with Crippen LogP contribution in [0, 0.1) is 0 Å². The molecule has 0 aliphatic heterocycles. The molecule has 0 N–H and O–H groups in total. The van der Waals surface area contributed by atoms with Gasteiger partial charge < -0.3 is 9.47 Å². The Balaban J connectivity index is 4.80. The maximum absolute atomic E-state index is 11.4. The lowest BCUT2D eigenvalue weighted by atomic mass is 10.4. The van der Waals surface area contributed by atoms with Crippen LogP contribution in [0.1, 0.15) is 13.8 Å². The number of rotatable bonds is 5. The summed E-state index contributed by atoms with van der Waals surface area (Å²) in [4.78, 5) is 22.9. The van der Waals surface area contributed by atoms with Crippen molar-refractivity contribution in [3.63, 3.8) is 0 Å². The fourth-order valence-corrected chi connectivity index (χ4v) is 1.69. The van der Waals surface area contributed by atoms with E-state index < -0.39 is 25.9 Å². The predicted molar refractivity (Wildman–Crippen MR) is 68.9 cm³/mol. The van der Waals surface area contributed by atoms with Crippen LogP contribution < -0.4 is 0 Å². The second-order valence-corrected chi connectivity index (χ2v) is 10.3. The first-order chi connectivity index (χ1) is 7.55. The average Bonchev–Trinajstić information content (AvgIpc) is 2.14. The second-order valence-electron chi connectivity index (χ2n) is 5.07. The molecule has 0 atom stereocenters. The van der Waals surface area contributed by atoms with Gasteiger partial charge in [-0.15, -0.1) is 0 Å². The molecule has 0 aliphatic carbocycles. The Bertz CT molecular complexity index is 324. The summed E-state index contributed by atoms with van der Waals surface area (Å²) in [6.07, 6.45) is 0. The Hall–Kier alpha value is -1.36. The third kappa shape index (κ3) is 5.49. The van der Waals surface area contributed by atoms with Crippen LogP contribution in [0.25, 0.3) is 0 Å². The Morgan fingerprint density at radius 1 is 0.941 bits per heavy atom. The number of carbonyl (C=O) groups excluding carboxylic acids is 2. The highest BCUT2D eigenvalue weighted by Gasteiger charge is 2.34. The summed E-state index contributed by atoms with van der Waals surface area (Å²) in [6, 6.07) is 0. The summed E-state index contributed by atoms with van der Waals surface area (Å²) in [7, 11) is -1.97. The number of esters is 2. The van der Waals surface area contributed by atoms with Gasteiger partial charge >= 0.3 is 11.9 Å². The SMILES string of the molecule is C=C(C)C(=O)OC(OC(=O)C(=C)C)[Si](C)(C)C. The van der Waals surface area contributed by atoms with Gasteiger partial charge in [0.1, 0.15) is 8.07 Å². The van der Waals surface area contributed by atoms with Crippen LogP contribution in [0.3, 0.4) is 0 Å². The van der Waals surface area contributed by atoms with Crippen LogP contribution >= 0.6 is 0 Å². The van der Waals surface area contributed by atoms with Crippen molar-refractivity contribution in [3.05, 3.63) is 24.3 Å². The summed E-state index contributed by atoms with van der Waals surface area (Å²) >= 11 is 0. The van der Waals surface area contributed by atoms with Gasteiger partial charge in [0, 0.05) is 11.1 Å². The summed E-state index contributed by atoms with van der Waals surface area (Å²) in [6.45, 7) is 15.9. The molecule has 96 valence electrons. The van der Waals surface area contributed by atoms with Crippen molar-refractivity contribution < 1.29 is 19.1 Å². The fraction of sp³-hybridized carbons (Fsp3) is 0.500. The van der Waals surface area contributed by atoms with Crippen LogP contribution in [-0.2, 0) is 19.1 Å². The standard InChI is InChI=1S/C12H20O4Si/c1-8(2)10(13)15-12(17(5,6)7)16-11(14)9(3)4/h12H,1,3H2,2,4-7H3. The molecule has 0 aromatic carbocycles. The molecular formula is C12H20O4Si. The van der Waals surface area contributed by atoms with Crippen molar-refractivity contribution in [1.29, 1.82) is 0 Å². The summed E-state index contributed by atoms with van der Waals surface area (Å²) in [5.74, 6) is -1.92. The molecule has 0 rings (SSSR count). The van der Waals surface area contributed by atoms with Crippen molar-refractivity contribution >= 4 is 20.0 Å². The van der Waals surface area contributed by atoms with Crippen LogP contribution in [0.4, 0.5) is 0 Å². The minimum atomic E-state index is -1.97. The van der Waals surface area contributed by atoms with Gasteiger partial charge in [-0.3, -0.25) is 0 Å². The highest BCUT2D eigenvalue weighted by atomic mass is 28.3. The molecule has 0 saturated carbocycles. The normalized spacial score (nSPS) is 10.9. The van der Waals surface area contributed by atoms with E-state index >= 15 is 0 Å². The predicted octanol–water partition coefficient (Wildman–Crippen LogP) is 2.43. The molecule has 17 heavy (non-hydrogen) atoms. The van der Waals surface area contributed by atoms with E-state index in [1.54, 1.807) is 13.8 Å². The van der Waals surface area contributed by atoms with E-state index in [0.717, 1.165) is 0 Å². The van der Waals surface area contributed by atoms with E-state index in [9.17, 15) is 9.59 Å². The van der Waals surface area contributed by atoms with Crippen molar-refractivity contribution in [2.24, 2.45) is 0 Å². The second kappa shape index (κ2) is 5.81. The molecule has 0 aliphatic rings. The lowest BCUT2D eigenvalue weighted by Gasteiger charge is -2.28. The Labute approximate surface area is 103 Å². The first kappa shape index (κ1) is 15.6. The highest BCUT2D eigenvalue weighted by molar-refractivity contribution is 6.77. The molecular weight excluding hydrogens is 236 g/mol. The highest BCUT2D eigenvalue weighted by Crippen LogP contribution is 2.16. The minimum absolute atomic E-state index is 0.277. The van der Waals surface area contributed by atoms with Crippen LogP contribution in [0.2, 0.25) is 19.6 Å². The largest absolute Gasteiger partial charge is 0.426 e. The Morgan fingerprint density at radius 3 is 1.41 bits per heavy atom. The third-order valence-corrected chi connectivity index (χ3v) is 3.48. The average molecular weight is 256 g/mol. The Morgan fingerprint density at radius 2 is 1.24 bits per heavy atom. The van der Waals surface area contributed by atoms with Crippen LogP contribution in [0.15, 0.2) is 24.3 Å². The third-order valence-electron chi connectivity index (χ3n) is 1.83. The molecule has 0 heterocycles. The van der Waals surface area contributed by atoms with E-state index in [1.807, 2.05) is 19.6 Å². The zero-order valence-corrected chi connectivity index (χ0v) is 12.1. The lowest BCUT2D eigenvalue weighted by molar-refractivity contribution is -0.170. The molecule has 0 unspecified atom stereocenters. The Kier molecular flexibility index (Phi) is 5.35. The quantitative estimate of drug-likeness (QED) is 0.328. The maximum atomic E-state index is 11.4. The molecule has 4 nitrogen and oxygen atoms in total. The molecule has 0 amide bonds. The molecule has 5 heteroatoms. The van der Waals surface area contributed by atoms with Gasteiger partial charge in [0.25, 0.3) is 0 Å². The summed E-state index contributed by atoms with van der Waals surface area (Å²) in [5.41, 5.74) is 0.555. The molecule has 0 aromatic heterocycles. The zero-order valence-electron chi connectivity index (χ0n) is 11.1. The van der Waals surface area contributed by atoms with E-state index in [4.69, 9.17) is 9.47 Å². The van der Waals surface area contributed by atoms with Crippen LogP contribution in [-0.4, -0.2) is 25.9 Å². The van der Waals surface area contributed by atoms with Gasteiger partial charge in [0.05, 0.1) is 0 Å². The van der Waals surface area contributed by atoms with E-state index in [0.29, 0.717) is 0 Å². The van der Waals surface area contributed by atoms with Gasteiger partial charge in [-0.2, -0.15) is 0 Å². The number of carbonyl (C=O) groups is 2. The number of hydrogen-bond donors (Lipinski definition) is 0. The monoisotopic (exact) mass is 256 g/mol. The zero-order chi connectivity index (χ0) is 13.8. The van der Waals surface area contributed by atoms with Gasteiger partial charge in [-0.25, -0.2) is 9.59 Å². The van der Waals surface area contributed by atoms with E-state index in [1.165, 1.54) is 0 Å². The van der Waals surface area contributed by atoms with Crippen LogP contribution in [0.5, 0.6) is 0 Å². The number of ether oxygens (including phenoxy) is 2. The fourth-order valence-electron chi connectivity index (χ4n) is 0.773. The maximum Gasteiger partial charge on any atom is 0.335 e. The molecule has 0 fully saturated rings. The lowest BCUT2D eigenvalue weighted by Crippen LogP contribution is -2.45. The van der Waals surface area contributed by atoms with Crippen molar-refractivity contribution in [2.75, 3.05) is 0 Å². The molecule has 0 saturated heterocycles. The first-order valence-electron chi connectivity index (χ1n) is 5.28. The molecule has 0 spiro atoms.